The van der Waals surface area contributed by atoms with E-state index in [2.05, 4.69) is 15.3 Å². The van der Waals surface area contributed by atoms with Crippen LogP contribution >= 0.6 is 0 Å². The van der Waals surface area contributed by atoms with Crippen LogP contribution < -0.4 is 5.32 Å². The Morgan fingerprint density at radius 3 is 2.86 bits per heavy atom. The van der Waals surface area contributed by atoms with Gasteiger partial charge in [-0.05, 0) is 12.1 Å². The minimum Gasteiger partial charge on any atom is -0.450 e. The number of ether oxygens (including phenoxy) is 1. The quantitative estimate of drug-likeness (QED) is 0.772. The lowest BCUT2D eigenvalue weighted by molar-refractivity contribution is -0.0543. The molecule has 1 aromatic carbocycles. The SMILES string of the molecule is OC1(CNc2ncnc3c2oc2ccccc23)CCOCC1. The van der Waals surface area contributed by atoms with Gasteiger partial charge in [0, 0.05) is 38.0 Å². The van der Waals surface area contributed by atoms with E-state index in [0.29, 0.717) is 44.0 Å². The number of aromatic nitrogens is 2. The Morgan fingerprint density at radius 1 is 1.18 bits per heavy atom. The number of furan rings is 1. The smallest absolute Gasteiger partial charge is 0.196 e. The molecule has 0 unspecified atom stereocenters. The third kappa shape index (κ3) is 2.30. The van der Waals surface area contributed by atoms with Gasteiger partial charge in [0.25, 0.3) is 0 Å². The summed E-state index contributed by atoms with van der Waals surface area (Å²) in [5.41, 5.74) is 1.43. The van der Waals surface area contributed by atoms with E-state index in [4.69, 9.17) is 9.15 Å². The van der Waals surface area contributed by atoms with Crippen LogP contribution in [0.3, 0.4) is 0 Å². The van der Waals surface area contributed by atoms with Crippen molar-refractivity contribution in [3.8, 4) is 0 Å². The highest BCUT2D eigenvalue weighted by atomic mass is 16.5. The number of anilines is 1. The first-order valence-electron chi connectivity index (χ1n) is 7.41. The van der Waals surface area contributed by atoms with Crippen LogP contribution in [0.25, 0.3) is 22.1 Å². The summed E-state index contributed by atoms with van der Waals surface area (Å²) in [6.45, 7) is 1.59. The predicted octanol–water partition coefficient (Wildman–Crippen LogP) is 2.33. The van der Waals surface area contributed by atoms with Crippen LogP contribution in [0.4, 0.5) is 5.82 Å². The largest absolute Gasteiger partial charge is 0.450 e. The number of nitrogens with one attached hydrogen (secondary N) is 1. The number of benzene rings is 1. The molecule has 3 aromatic rings. The van der Waals surface area contributed by atoms with E-state index in [1.54, 1.807) is 0 Å². The molecule has 2 aromatic heterocycles. The Balaban J connectivity index is 1.67. The first-order valence-corrected chi connectivity index (χ1v) is 7.41. The summed E-state index contributed by atoms with van der Waals surface area (Å²) < 4.78 is 11.2. The van der Waals surface area contributed by atoms with Gasteiger partial charge in [-0.15, -0.1) is 0 Å². The van der Waals surface area contributed by atoms with Gasteiger partial charge in [-0.25, -0.2) is 9.97 Å². The van der Waals surface area contributed by atoms with Crippen molar-refractivity contribution in [3.05, 3.63) is 30.6 Å². The van der Waals surface area contributed by atoms with Gasteiger partial charge in [0.05, 0.1) is 5.60 Å². The number of hydrogen-bond donors (Lipinski definition) is 2. The maximum absolute atomic E-state index is 10.5. The van der Waals surface area contributed by atoms with Crippen LogP contribution in [0.1, 0.15) is 12.8 Å². The zero-order valence-corrected chi connectivity index (χ0v) is 12.1. The minimum absolute atomic E-state index is 0.416. The summed E-state index contributed by atoms with van der Waals surface area (Å²) in [6.07, 6.45) is 2.75. The molecule has 4 rings (SSSR count). The number of para-hydroxylation sites is 1. The number of fused-ring (bicyclic) bond motifs is 3. The summed E-state index contributed by atoms with van der Waals surface area (Å²) in [5.74, 6) is 0.612. The van der Waals surface area contributed by atoms with Gasteiger partial charge in [-0.1, -0.05) is 12.1 Å². The molecule has 1 aliphatic rings. The lowest BCUT2D eigenvalue weighted by atomic mass is 9.94. The molecule has 1 saturated heterocycles. The lowest BCUT2D eigenvalue weighted by Crippen LogP contribution is -2.42. The van der Waals surface area contributed by atoms with Gasteiger partial charge in [-0.2, -0.15) is 0 Å². The first-order chi connectivity index (χ1) is 10.8. The molecule has 3 heterocycles. The molecule has 0 saturated carbocycles. The van der Waals surface area contributed by atoms with Crippen molar-refractivity contribution in [2.75, 3.05) is 25.1 Å². The summed E-state index contributed by atoms with van der Waals surface area (Å²) in [7, 11) is 0. The van der Waals surface area contributed by atoms with E-state index in [9.17, 15) is 5.11 Å². The Bertz CT molecular complexity index is 809. The molecule has 1 aliphatic heterocycles. The molecular formula is C16H17N3O3. The molecule has 6 heteroatoms. The molecule has 0 spiro atoms. The highest BCUT2D eigenvalue weighted by Crippen LogP contribution is 2.31. The van der Waals surface area contributed by atoms with Gasteiger partial charge in [0.1, 0.15) is 17.4 Å². The number of rotatable bonds is 3. The second-order valence-electron chi connectivity index (χ2n) is 5.69. The molecule has 0 bridgehead atoms. The topological polar surface area (TPSA) is 80.4 Å². The summed E-state index contributed by atoms with van der Waals surface area (Å²) in [4.78, 5) is 8.57. The fraction of sp³-hybridized carbons (Fsp3) is 0.375. The Morgan fingerprint density at radius 2 is 2.00 bits per heavy atom. The summed E-state index contributed by atoms with van der Waals surface area (Å²) in [5, 5.41) is 14.7. The molecule has 0 aliphatic carbocycles. The van der Waals surface area contributed by atoms with E-state index in [1.165, 1.54) is 6.33 Å². The van der Waals surface area contributed by atoms with Gasteiger partial charge < -0.3 is 19.6 Å². The van der Waals surface area contributed by atoms with Crippen molar-refractivity contribution < 1.29 is 14.3 Å². The van der Waals surface area contributed by atoms with Crippen molar-refractivity contribution >= 4 is 27.9 Å². The second kappa shape index (κ2) is 5.23. The van der Waals surface area contributed by atoms with Crippen molar-refractivity contribution in [2.45, 2.75) is 18.4 Å². The second-order valence-corrected chi connectivity index (χ2v) is 5.69. The minimum atomic E-state index is -0.762. The highest BCUT2D eigenvalue weighted by molar-refractivity contribution is 6.05. The van der Waals surface area contributed by atoms with Gasteiger partial charge in [0.2, 0.25) is 0 Å². The molecule has 0 atom stereocenters. The average Bonchev–Trinajstić information content (AvgIpc) is 2.93. The fourth-order valence-corrected chi connectivity index (χ4v) is 2.83. The van der Waals surface area contributed by atoms with Crippen molar-refractivity contribution in [2.24, 2.45) is 0 Å². The maximum atomic E-state index is 10.5. The Hall–Kier alpha value is -2.18. The van der Waals surface area contributed by atoms with Crippen molar-refractivity contribution in [1.29, 1.82) is 0 Å². The van der Waals surface area contributed by atoms with E-state index in [0.717, 1.165) is 16.5 Å². The molecule has 1 fully saturated rings. The van der Waals surface area contributed by atoms with Crippen LogP contribution in [-0.4, -0.2) is 40.4 Å². The Labute approximate surface area is 127 Å². The Kier molecular flexibility index (Phi) is 3.20. The third-order valence-corrected chi connectivity index (χ3v) is 4.17. The van der Waals surface area contributed by atoms with Crippen LogP contribution in [0.15, 0.2) is 35.0 Å². The van der Waals surface area contributed by atoms with E-state index >= 15 is 0 Å². The lowest BCUT2D eigenvalue weighted by Gasteiger charge is -2.32. The normalized spacial score (nSPS) is 17.9. The van der Waals surface area contributed by atoms with Crippen LogP contribution in [0.5, 0.6) is 0 Å². The fourth-order valence-electron chi connectivity index (χ4n) is 2.83. The molecule has 0 amide bonds. The van der Waals surface area contributed by atoms with Gasteiger partial charge in [-0.3, -0.25) is 0 Å². The highest BCUT2D eigenvalue weighted by Gasteiger charge is 2.30. The third-order valence-electron chi connectivity index (χ3n) is 4.17. The molecule has 114 valence electrons. The zero-order valence-electron chi connectivity index (χ0n) is 12.1. The maximum Gasteiger partial charge on any atom is 0.196 e. The standard InChI is InChI=1S/C16H17N3O3/c20-16(5-7-21-8-6-16)9-17-15-14-13(18-10-19-15)11-3-1-2-4-12(11)22-14/h1-4,10,20H,5-9H2,(H,17,18,19). The van der Waals surface area contributed by atoms with E-state index in [-0.39, 0.29) is 0 Å². The van der Waals surface area contributed by atoms with Crippen molar-refractivity contribution in [3.63, 3.8) is 0 Å². The van der Waals surface area contributed by atoms with Gasteiger partial charge >= 0.3 is 0 Å². The number of nitrogens with zero attached hydrogens (tertiary/aromatic N) is 2. The molecule has 0 radical (unpaired) electrons. The molecule has 2 N–H and O–H groups in total. The van der Waals surface area contributed by atoms with Crippen molar-refractivity contribution in [1.82, 2.24) is 9.97 Å². The number of hydrogen-bond acceptors (Lipinski definition) is 6. The van der Waals surface area contributed by atoms with Gasteiger partial charge in [0.15, 0.2) is 11.4 Å². The molecule has 22 heavy (non-hydrogen) atoms. The van der Waals surface area contributed by atoms with Crippen LogP contribution in [0.2, 0.25) is 0 Å². The summed E-state index contributed by atoms with van der Waals surface area (Å²) in [6, 6.07) is 7.77. The zero-order chi connectivity index (χ0) is 15.0. The van der Waals surface area contributed by atoms with E-state index < -0.39 is 5.60 Å². The average molecular weight is 299 g/mol. The predicted molar refractivity (Wildman–Crippen MR) is 82.8 cm³/mol. The summed E-state index contributed by atoms with van der Waals surface area (Å²) >= 11 is 0. The van der Waals surface area contributed by atoms with Crippen LogP contribution in [0, 0.1) is 0 Å². The molecular weight excluding hydrogens is 282 g/mol. The van der Waals surface area contributed by atoms with E-state index in [1.807, 2.05) is 24.3 Å². The number of aliphatic hydroxyl groups is 1. The first kappa shape index (κ1) is 13.5. The monoisotopic (exact) mass is 299 g/mol. The molecule has 6 nitrogen and oxygen atoms in total. The van der Waals surface area contributed by atoms with Crippen LogP contribution in [-0.2, 0) is 4.74 Å².